The van der Waals surface area contributed by atoms with Gasteiger partial charge in [0.15, 0.2) is 0 Å². The topological polar surface area (TPSA) is 0 Å². The molecule has 0 unspecified atom stereocenters. The molecule has 0 nitrogen and oxygen atoms in total. The first-order valence-corrected chi connectivity index (χ1v) is 4.51. The van der Waals surface area contributed by atoms with Crippen molar-refractivity contribution in [2.24, 2.45) is 0 Å². The van der Waals surface area contributed by atoms with Crippen LogP contribution in [0.4, 0.5) is 0 Å². The maximum absolute atomic E-state index is 5.24. The fourth-order valence-electron chi connectivity index (χ4n) is 0.936. The third kappa shape index (κ3) is 4.75. The van der Waals surface area contributed by atoms with Gasteiger partial charge in [0.2, 0.25) is 0 Å². The van der Waals surface area contributed by atoms with Gasteiger partial charge in [-0.25, -0.2) is 0 Å². The Morgan fingerprint density at radius 3 is 1.73 bits per heavy atom. The summed E-state index contributed by atoms with van der Waals surface area (Å²) >= 11 is 0. The summed E-state index contributed by atoms with van der Waals surface area (Å²) in [4.78, 5) is 0. The highest BCUT2D eigenvalue weighted by Gasteiger charge is 1.93. The van der Waals surface area contributed by atoms with Gasteiger partial charge in [0.25, 0.3) is 0 Å². The molecule has 0 aliphatic rings. The third-order valence-electron chi connectivity index (χ3n) is 1.52. The molecule has 0 aliphatic heterocycles. The Balaban J connectivity index is 0. The predicted octanol–water partition coefficient (Wildman–Crippen LogP) is 3.95. The molecular weight excluding hydrogens is 180 g/mol. The monoisotopic (exact) mass is 198 g/mol. The summed E-state index contributed by atoms with van der Waals surface area (Å²) in [6.07, 6.45) is 12.2. The maximum Gasteiger partial charge on any atom is 0.0260 e. The standard InChI is InChI=1S/C12H8.C2H6.CH4/c1-4-10-7-11(5-2)9-12(6-3)8-10;1-2;/h1-2,6-9H,3H2;1-2H3;1H4. The molecule has 0 aromatic heterocycles. The first kappa shape index (κ1) is 15.5. The number of benzene rings is 1. The number of hydrogen-bond donors (Lipinski definition) is 0. The second-order valence-corrected chi connectivity index (χ2v) is 2.34. The summed E-state index contributed by atoms with van der Waals surface area (Å²) in [7, 11) is 0. The van der Waals surface area contributed by atoms with Crippen molar-refractivity contribution in [3.8, 4) is 24.7 Å². The molecule has 1 aromatic rings. The summed E-state index contributed by atoms with van der Waals surface area (Å²) in [5.41, 5.74) is 2.54. The summed E-state index contributed by atoms with van der Waals surface area (Å²) < 4.78 is 0. The molecule has 1 rings (SSSR count). The van der Waals surface area contributed by atoms with Crippen LogP contribution in [0.15, 0.2) is 24.8 Å². The molecule has 0 heterocycles. The van der Waals surface area contributed by atoms with Crippen molar-refractivity contribution in [3.05, 3.63) is 41.5 Å². The molecular formula is C15H18. The Morgan fingerprint density at radius 1 is 1.07 bits per heavy atom. The highest BCUT2D eigenvalue weighted by atomic mass is 14.0. The lowest BCUT2D eigenvalue weighted by atomic mass is 10.1. The lowest BCUT2D eigenvalue weighted by Crippen LogP contribution is -1.81. The van der Waals surface area contributed by atoms with E-state index < -0.39 is 0 Å². The van der Waals surface area contributed by atoms with E-state index in [4.69, 9.17) is 12.8 Å². The predicted molar refractivity (Wildman–Crippen MR) is 70.5 cm³/mol. The minimum Gasteiger partial charge on any atom is -0.115 e. The average molecular weight is 198 g/mol. The molecule has 0 saturated carbocycles. The summed E-state index contributed by atoms with van der Waals surface area (Å²) in [5, 5.41) is 0. The van der Waals surface area contributed by atoms with Crippen molar-refractivity contribution in [2.45, 2.75) is 21.3 Å². The minimum atomic E-state index is 0. The number of rotatable bonds is 1. The molecule has 0 atom stereocenters. The molecule has 0 radical (unpaired) electrons. The Morgan fingerprint density at radius 2 is 1.47 bits per heavy atom. The molecule has 0 heteroatoms. The minimum absolute atomic E-state index is 0. The fraction of sp³-hybridized carbons (Fsp3) is 0.200. The molecule has 78 valence electrons. The van der Waals surface area contributed by atoms with Crippen molar-refractivity contribution < 1.29 is 0 Å². The van der Waals surface area contributed by atoms with Crippen molar-refractivity contribution in [1.82, 2.24) is 0 Å². The van der Waals surface area contributed by atoms with Crippen LogP contribution in [0.1, 0.15) is 38.0 Å². The number of hydrogen-bond acceptors (Lipinski definition) is 0. The Kier molecular flexibility index (Phi) is 8.98. The van der Waals surface area contributed by atoms with Crippen LogP contribution in [0.2, 0.25) is 0 Å². The summed E-state index contributed by atoms with van der Waals surface area (Å²) in [5.74, 6) is 5.07. The quantitative estimate of drug-likeness (QED) is 0.599. The van der Waals surface area contributed by atoms with Crippen LogP contribution in [0.5, 0.6) is 0 Å². The van der Waals surface area contributed by atoms with Gasteiger partial charge in [-0.1, -0.05) is 45.8 Å². The van der Waals surface area contributed by atoms with E-state index in [1.807, 2.05) is 26.0 Å². The van der Waals surface area contributed by atoms with Crippen molar-refractivity contribution in [2.75, 3.05) is 0 Å². The first-order valence-electron chi connectivity index (χ1n) is 4.51. The lowest BCUT2D eigenvalue weighted by Gasteiger charge is -1.96. The van der Waals surface area contributed by atoms with E-state index >= 15 is 0 Å². The Hall–Kier alpha value is -1.92. The van der Waals surface area contributed by atoms with Gasteiger partial charge in [-0.15, -0.1) is 12.8 Å². The van der Waals surface area contributed by atoms with Gasteiger partial charge in [-0.2, -0.15) is 0 Å². The molecule has 0 fully saturated rings. The van der Waals surface area contributed by atoms with Gasteiger partial charge in [0, 0.05) is 11.1 Å². The van der Waals surface area contributed by atoms with Gasteiger partial charge in [-0.05, 0) is 23.8 Å². The Labute approximate surface area is 94.0 Å². The van der Waals surface area contributed by atoms with Crippen LogP contribution in [-0.4, -0.2) is 0 Å². The molecule has 0 N–H and O–H groups in total. The number of terminal acetylenes is 2. The van der Waals surface area contributed by atoms with E-state index in [0.717, 1.165) is 16.7 Å². The smallest absolute Gasteiger partial charge is 0.0260 e. The largest absolute Gasteiger partial charge is 0.115 e. The SMILES string of the molecule is C.C#Cc1cc(C#C)cc(C=C)c1.CC. The zero-order valence-corrected chi connectivity index (χ0v) is 8.67. The molecule has 0 amide bonds. The summed E-state index contributed by atoms with van der Waals surface area (Å²) in [6.45, 7) is 7.64. The van der Waals surface area contributed by atoms with Gasteiger partial charge in [0.1, 0.15) is 0 Å². The zero-order chi connectivity index (χ0) is 11.0. The second kappa shape index (κ2) is 8.67. The van der Waals surface area contributed by atoms with Crippen LogP contribution in [-0.2, 0) is 0 Å². The maximum atomic E-state index is 5.24. The van der Waals surface area contributed by atoms with Crippen molar-refractivity contribution >= 4 is 6.08 Å². The first-order chi connectivity index (χ1) is 6.80. The van der Waals surface area contributed by atoms with E-state index in [2.05, 4.69) is 18.4 Å². The van der Waals surface area contributed by atoms with E-state index in [-0.39, 0.29) is 7.43 Å². The third-order valence-corrected chi connectivity index (χ3v) is 1.52. The van der Waals surface area contributed by atoms with Gasteiger partial charge >= 0.3 is 0 Å². The zero-order valence-electron chi connectivity index (χ0n) is 8.67. The van der Waals surface area contributed by atoms with Gasteiger partial charge in [-0.3, -0.25) is 0 Å². The molecule has 1 aromatic carbocycles. The highest BCUT2D eigenvalue weighted by molar-refractivity contribution is 5.55. The van der Waals surface area contributed by atoms with Gasteiger partial charge < -0.3 is 0 Å². The average Bonchev–Trinajstić information content (AvgIpc) is 2.30. The van der Waals surface area contributed by atoms with Crippen LogP contribution < -0.4 is 0 Å². The van der Waals surface area contributed by atoms with Crippen LogP contribution >= 0.6 is 0 Å². The molecule has 0 saturated heterocycles. The molecule has 0 aliphatic carbocycles. The molecule has 15 heavy (non-hydrogen) atoms. The van der Waals surface area contributed by atoms with Crippen molar-refractivity contribution in [1.29, 1.82) is 0 Å². The van der Waals surface area contributed by atoms with Crippen LogP contribution in [0.3, 0.4) is 0 Å². The van der Waals surface area contributed by atoms with E-state index in [1.54, 1.807) is 12.1 Å². The second-order valence-electron chi connectivity index (χ2n) is 2.34. The van der Waals surface area contributed by atoms with E-state index in [1.165, 1.54) is 0 Å². The van der Waals surface area contributed by atoms with Gasteiger partial charge in [0.05, 0.1) is 0 Å². The lowest BCUT2D eigenvalue weighted by molar-refractivity contribution is 1.50. The van der Waals surface area contributed by atoms with E-state index in [0.29, 0.717) is 0 Å². The normalized spacial score (nSPS) is 6.93. The van der Waals surface area contributed by atoms with E-state index in [9.17, 15) is 0 Å². The Bertz CT molecular complexity index is 351. The van der Waals surface area contributed by atoms with Crippen LogP contribution in [0, 0.1) is 24.7 Å². The molecule has 0 spiro atoms. The fourth-order valence-corrected chi connectivity index (χ4v) is 0.936. The van der Waals surface area contributed by atoms with Crippen LogP contribution in [0.25, 0.3) is 6.08 Å². The summed E-state index contributed by atoms with van der Waals surface area (Å²) in [6, 6.07) is 5.54. The molecule has 0 bridgehead atoms. The highest BCUT2D eigenvalue weighted by Crippen LogP contribution is 2.09. The van der Waals surface area contributed by atoms with Crippen molar-refractivity contribution in [3.63, 3.8) is 0 Å².